The van der Waals surface area contributed by atoms with Crippen molar-refractivity contribution < 1.29 is 5.11 Å². The molecule has 2 rings (SSSR count). The summed E-state index contributed by atoms with van der Waals surface area (Å²) in [5.74, 6) is 1.26. The van der Waals surface area contributed by atoms with E-state index in [1.807, 2.05) is 37.3 Å². The van der Waals surface area contributed by atoms with Gasteiger partial charge in [-0.05, 0) is 50.5 Å². The van der Waals surface area contributed by atoms with Gasteiger partial charge in [-0.15, -0.1) is 0 Å². The molecule has 1 aliphatic rings. The van der Waals surface area contributed by atoms with E-state index >= 15 is 0 Å². The van der Waals surface area contributed by atoms with Crippen LogP contribution < -0.4 is 5.73 Å². The first-order valence-electron chi connectivity index (χ1n) is 7.64. The molecule has 0 radical (unpaired) electrons. The molecular weight excluding hydrogens is 248 g/mol. The van der Waals surface area contributed by atoms with Crippen LogP contribution in [0.2, 0.25) is 0 Å². The van der Waals surface area contributed by atoms with Gasteiger partial charge in [0, 0.05) is 6.54 Å². The summed E-state index contributed by atoms with van der Waals surface area (Å²) in [6.07, 6.45) is 6.28. The number of benzene rings is 1. The fourth-order valence-corrected chi connectivity index (χ4v) is 3.26. The van der Waals surface area contributed by atoms with Crippen LogP contribution in [-0.4, -0.2) is 17.5 Å². The van der Waals surface area contributed by atoms with Crippen molar-refractivity contribution in [3.05, 3.63) is 35.9 Å². The minimum atomic E-state index is -0.628. The Labute approximate surface area is 121 Å². The smallest absolute Gasteiger partial charge is 0.0905 e. The molecule has 0 heterocycles. The third kappa shape index (κ3) is 4.07. The molecule has 1 saturated carbocycles. The molecule has 110 valence electrons. The molecule has 0 saturated heterocycles. The Balaban J connectivity index is 1.90. The molecule has 3 heteroatoms. The first-order chi connectivity index (χ1) is 9.60. The van der Waals surface area contributed by atoms with Gasteiger partial charge in [-0.2, -0.15) is 0 Å². The zero-order valence-electron chi connectivity index (χ0n) is 12.4. The number of nitrogens with two attached hydrogens (primary N) is 1. The van der Waals surface area contributed by atoms with Gasteiger partial charge < -0.3 is 10.8 Å². The lowest BCUT2D eigenvalue weighted by molar-refractivity contribution is -0.0227. The summed E-state index contributed by atoms with van der Waals surface area (Å²) in [6.45, 7) is 2.64. The Morgan fingerprint density at radius 1 is 1.40 bits per heavy atom. The first kappa shape index (κ1) is 15.0. The maximum absolute atomic E-state index is 10.9. The van der Waals surface area contributed by atoms with Crippen molar-refractivity contribution in [1.29, 1.82) is 0 Å². The van der Waals surface area contributed by atoms with Crippen LogP contribution in [0.25, 0.3) is 0 Å². The van der Waals surface area contributed by atoms with Crippen molar-refractivity contribution >= 4 is 5.84 Å². The highest BCUT2D eigenvalue weighted by Crippen LogP contribution is 2.41. The standard InChI is InChI=1S/C17H26N2O/c1-14(18)19-12-6-8-15-7-5-11-17(20,13-15)16-9-3-2-4-10-16/h2-4,9-10,15,20H,5-8,11-13H2,1H3,(H2,18,19). The molecule has 0 bridgehead atoms. The lowest BCUT2D eigenvalue weighted by atomic mass is 9.73. The summed E-state index contributed by atoms with van der Waals surface area (Å²) in [4.78, 5) is 4.24. The van der Waals surface area contributed by atoms with Crippen LogP contribution in [-0.2, 0) is 5.60 Å². The molecule has 2 atom stereocenters. The third-order valence-electron chi connectivity index (χ3n) is 4.27. The van der Waals surface area contributed by atoms with Gasteiger partial charge in [-0.3, -0.25) is 4.99 Å². The van der Waals surface area contributed by atoms with Gasteiger partial charge in [0.1, 0.15) is 0 Å². The number of rotatable bonds is 5. The van der Waals surface area contributed by atoms with E-state index in [0.717, 1.165) is 44.2 Å². The zero-order chi connectivity index (χ0) is 14.4. The van der Waals surface area contributed by atoms with E-state index in [9.17, 15) is 5.11 Å². The third-order valence-corrected chi connectivity index (χ3v) is 4.27. The second-order valence-electron chi connectivity index (χ2n) is 6.03. The SMILES string of the molecule is CC(N)=NCCCC1CCCC(O)(c2ccccc2)C1. The maximum Gasteiger partial charge on any atom is 0.0905 e. The van der Waals surface area contributed by atoms with Crippen molar-refractivity contribution in [2.75, 3.05) is 6.54 Å². The minimum absolute atomic E-state index is 0.599. The topological polar surface area (TPSA) is 58.6 Å². The van der Waals surface area contributed by atoms with Crippen LogP contribution in [0.5, 0.6) is 0 Å². The molecule has 3 N–H and O–H groups in total. The largest absolute Gasteiger partial charge is 0.388 e. The Morgan fingerprint density at radius 3 is 2.85 bits per heavy atom. The van der Waals surface area contributed by atoms with Crippen molar-refractivity contribution in [3.8, 4) is 0 Å². The summed E-state index contributed by atoms with van der Waals surface area (Å²) < 4.78 is 0. The van der Waals surface area contributed by atoms with Crippen molar-refractivity contribution in [3.63, 3.8) is 0 Å². The number of nitrogens with zero attached hydrogens (tertiary/aromatic N) is 1. The van der Waals surface area contributed by atoms with Gasteiger partial charge in [0.25, 0.3) is 0 Å². The number of aliphatic imine (C=N–C) groups is 1. The van der Waals surface area contributed by atoms with Gasteiger partial charge in [0.2, 0.25) is 0 Å². The fourth-order valence-electron chi connectivity index (χ4n) is 3.26. The fraction of sp³-hybridized carbons (Fsp3) is 0.588. The molecule has 2 unspecified atom stereocenters. The maximum atomic E-state index is 10.9. The van der Waals surface area contributed by atoms with E-state index in [1.165, 1.54) is 6.42 Å². The van der Waals surface area contributed by atoms with Crippen LogP contribution >= 0.6 is 0 Å². The van der Waals surface area contributed by atoms with E-state index < -0.39 is 5.60 Å². The molecule has 3 nitrogen and oxygen atoms in total. The Bertz CT molecular complexity index is 440. The summed E-state index contributed by atoms with van der Waals surface area (Å²) in [6, 6.07) is 10.1. The van der Waals surface area contributed by atoms with Crippen molar-refractivity contribution in [2.45, 2.75) is 51.0 Å². The van der Waals surface area contributed by atoms with Crippen LogP contribution in [0.4, 0.5) is 0 Å². The van der Waals surface area contributed by atoms with Crippen LogP contribution in [0, 0.1) is 5.92 Å². The minimum Gasteiger partial charge on any atom is -0.388 e. The van der Waals surface area contributed by atoms with E-state index in [0.29, 0.717) is 11.8 Å². The summed E-state index contributed by atoms with van der Waals surface area (Å²) >= 11 is 0. The van der Waals surface area contributed by atoms with Gasteiger partial charge in [-0.1, -0.05) is 36.8 Å². The van der Waals surface area contributed by atoms with Crippen LogP contribution in [0.3, 0.4) is 0 Å². The summed E-state index contributed by atoms with van der Waals surface area (Å²) in [5, 5.41) is 10.9. The average molecular weight is 274 g/mol. The highest BCUT2D eigenvalue weighted by Gasteiger charge is 2.35. The zero-order valence-corrected chi connectivity index (χ0v) is 12.4. The predicted octanol–water partition coefficient (Wildman–Crippen LogP) is 3.22. The molecule has 0 aromatic heterocycles. The summed E-state index contributed by atoms with van der Waals surface area (Å²) in [7, 11) is 0. The van der Waals surface area contributed by atoms with Gasteiger partial charge in [0.05, 0.1) is 11.4 Å². The second-order valence-corrected chi connectivity index (χ2v) is 6.03. The second kappa shape index (κ2) is 6.89. The lowest BCUT2D eigenvalue weighted by Crippen LogP contribution is -2.32. The Hall–Kier alpha value is -1.35. The van der Waals surface area contributed by atoms with Crippen LogP contribution in [0.15, 0.2) is 35.3 Å². The first-order valence-corrected chi connectivity index (χ1v) is 7.64. The molecule has 1 aromatic rings. The number of hydrogen-bond donors (Lipinski definition) is 2. The highest BCUT2D eigenvalue weighted by molar-refractivity contribution is 5.77. The van der Waals surface area contributed by atoms with Crippen molar-refractivity contribution in [1.82, 2.24) is 0 Å². The van der Waals surface area contributed by atoms with E-state index in [1.54, 1.807) is 0 Å². The van der Waals surface area contributed by atoms with Gasteiger partial charge >= 0.3 is 0 Å². The van der Waals surface area contributed by atoms with Crippen molar-refractivity contribution in [2.24, 2.45) is 16.6 Å². The average Bonchev–Trinajstić information content (AvgIpc) is 2.45. The molecule has 0 amide bonds. The monoisotopic (exact) mass is 274 g/mol. The predicted molar refractivity (Wildman–Crippen MR) is 83.7 cm³/mol. The molecular formula is C17H26N2O. The number of amidine groups is 1. The normalized spacial score (nSPS) is 27.5. The lowest BCUT2D eigenvalue weighted by Gasteiger charge is -2.37. The molecule has 0 spiro atoms. The molecule has 1 fully saturated rings. The Kier molecular flexibility index (Phi) is 5.18. The molecule has 0 aliphatic heterocycles. The van der Waals surface area contributed by atoms with Gasteiger partial charge in [-0.25, -0.2) is 0 Å². The highest BCUT2D eigenvalue weighted by atomic mass is 16.3. The van der Waals surface area contributed by atoms with Crippen LogP contribution in [0.1, 0.15) is 51.0 Å². The molecule has 1 aromatic carbocycles. The number of aliphatic hydroxyl groups is 1. The van der Waals surface area contributed by atoms with Gasteiger partial charge in [0.15, 0.2) is 0 Å². The van der Waals surface area contributed by atoms with E-state index in [-0.39, 0.29) is 0 Å². The Morgan fingerprint density at radius 2 is 2.15 bits per heavy atom. The quantitative estimate of drug-likeness (QED) is 0.492. The van der Waals surface area contributed by atoms with E-state index in [4.69, 9.17) is 5.73 Å². The number of hydrogen-bond acceptors (Lipinski definition) is 2. The molecule has 1 aliphatic carbocycles. The van der Waals surface area contributed by atoms with E-state index in [2.05, 4.69) is 4.99 Å². The molecule has 20 heavy (non-hydrogen) atoms. The summed E-state index contributed by atoms with van der Waals surface area (Å²) in [5.41, 5.74) is 5.98.